The molecule has 1 atom stereocenters. The number of carbonyl (C=O) groups excluding carboxylic acids is 2. The van der Waals surface area contributed by atoms with Gasteiger partial charge in [-0.2, -0.15) is 0 Å². The Morgan fingerprint density at radius 1 is 1.22 bits per heavy atom. The van der Waals surface area contributed by atoms with Gasteiger partial charge >= 0.3 is 0 Å². The van der Waals surface area contributed by atoms with Crippen molar-refractivity contribution in [3.8, 4) is 5.75 Å². The lowest BCUT2D eigenvalue weighted by Gasteiger charge is -2.33. The van der Waals surface area contributed by atoms with Gasteiger partial charge < -0.3 is 15.0 Å². The third-order valence-corrected chi connectivity index (χ3v) is 5.07. The zero-order valence-corrected chi connectivity index (χ0v) is 17.0. The number of ether oxygens (including phenoxy) is 1. The van der Waals surface area contributed by atoms with Gasteiger partial charge in [-0.3, -0.25) is 9.59 Å². The fraction of sp³-hybridized carbons (Fsp3) is 0.636. The van der Waals surface area contributed by atoms with Gasteiger partial charge in [0.2, 0.25) is 11.8 Å². The monoisotopic (exact) mass is 374 g/mol. The van der Waals surface area contributed by atoms with Crippen LogP contribution in [0.2, 0.25) is 0 Å². The average molecular weight is 375 g/mol. The SMILES string of the molecule is CCCC(=O)NCC1CCCN(C(=O)CCOc2ccc(C(C)C)cc2)C1. The van der Waals surface area contributed by atoms with Gasteiger partial charge in [0.25, 0.3) is 0 Å². The summed E-state index contributed by atoms with van der Waals surface area (Å²) in [4.78, 5) is 26.0. The van der Waals surface area contributed by atoms with Gasteiger partial charge in [-0.25, -0.2) is 0 Å². The molecule has 1 aliphatic rings. The fourth-order valence-electron chi connectivity index (χ4n) is 3.40. The normalized spacial score (nSPS) is 17.0. The van der Waals surface area contributed by atoms with Crippen molar-refractivity contribution in [2.24, 2.45) is 5.92 Å². The van der Waals surface area contributed by atoms with Crippen molar-refractivity contribution in [3.63, 3.8) is 0 Å². The van der Waals surface area contributed by atoms with Crippen molar-refractivity contribution >= 4 is 11.8 Å². The summed E-state index contributed by atoms with van der Waals surface area (Å²) in [5.74, 6) is 1.91. The predicted octanol–water partition coefficient (Wildman–Crippen LogP) is 3.73. The summed E-state index contributed by atoms with van der Waals surface area (Å²) < 4.78 is 5.73. The Morgan fingerprint density at radius 2 is 1.96 bits per heavy atom. The topological polar surface area (TPSA) is 58.6 Å². The number of carbonyl (C=O) groups is 2. The highest BCUT2D eigenvalue weighted by Crippen LogP contribution is 2.19. The minimum Gasteiger partial charge on any atom is -0.493 e. The van der Waals surface area contributed by atoms with Gasteiger partial charge in [0.15, 0.2) is 0 Å². The van der Waals surface area contributed by atoms with E-state index in [4.69, 9.17) is 4.74 Å². The Morgan fingerprint density at radius 3 is 2.63 bits per heavy atom. The first-order valence-corrected chi connectivity index (χ1v) is 10.3. The molecule has 1 aliphatic heterocycles. The molecule has 0 aliphatic carbocycles. The molecule has 1 aromatic rings. The molecule has 5 heteroatoms. The van der Waals surface area contributed by atoms with Gasteiger partial charge in [-0.05, 0) is 48.8 Å². The van der Waals surface area contributed by atoms with Crippen molar-refractivity contribution in [3.05, 3.63) is 29.8 Å². The van der Waals surface area contributed by atoms with Crippen molar-refractivity contribution in [1.29, 1.82) is 0 Å². The van der Waals surface area contributed by atoms with E-state index in [0.717, 1.165) is 38.1 Å². The van der Waals surface area contributed by atoms with Crippen LogP contribution in [0.25, 0.3) is 0 Å². The molecule has 150 valence electrons. The summed E-state index contributed by atoms with van der Waals surface area (Å²) >= 11 is 0. The van der Waals surface area contributed by atoms with E-state index in [1.165, 1.54) is 5.56 Å². The van der Waals surface area contributed by atoms with Crippen LogP contribution in [0.1, 0.15) is 64.4 Å². The van der Waals surface area contributed by atoms with Crippen LogP contribution in [0.4, 0.5) is 0 Å². The molecule has 0 radical (unpaired) electrons. The van der Waals surface area contributed by atoms with Crippen LogP contribution < -0.4 is 10.1 Å². The molecule has 1 heterocycles. The summed E-state index contributed by atoms with van der Waals surface area (Å²) in [6.07, 6.45) is 3.89. The number of nitrogens with one attached hydrogen (secondary N) is 1. The second-order valence-corrected chi connectivity index (χ2v) is 7.72. The molecule has 2 rings (SSSR count). The van der Waals surface area contributed by atoms with E-state index in [9.17, 15) is 9.59 Å². The van der Waals surface area contributed by atoms with E-state index in [-0.39, 0.29) is 11.8 Å². The molecular weight excluding hydrogens is 340 g/mol. The van der Waals surface area contributed by atoms with Crippen LogP contribution in [-0.4, -0.2) is 43.0 Å². The molecule has 0 spiro atoms. The number of rotatable bonds is 9. The Labute approximate surface area is 163 Å². The van der Waals surface area contributed by atoms with Crippen molar-refractivity contribution in [2.75, 3.05) is 26.2 Å². The number of likely N-dealkylation sites (tertiary alicyclic amines) is 1. The quantitative estimate of drug-likeness (QED) is 0.716. The minimum absolute atomic E-state index is 0.109. The maximum atomic E-state index is 12.5. The van der Waals surface area contributed by atoms with E-state index in [1.54, 1.807) is 0 Å². The predicted molar refractivity (Wildman–Crippen MR) is 108 cm³/mol. The first-order chi connectivity index (χ1) is 13.0. The maximum Gasteiger partial charge on any atom is 0.226 e. The largest absolute Gasteiger partial charge is 0.493 e. The third kappa shape index (κ3) is 7.24. The van der Waals surface area contributed by atoms with Crippen LogP contribution in [0.3, 0.4) is 0 Å². The van der Waals surface area contributed by atoms with E-state index in [0.29, 0.717) is 37.8 Å². The Hall–Kier alpha value is -2.04. The Balaban J connectivity index is 1.70. The zero-order valence-electron chi connectivity index (χ0n) is 17.0. The van der Waals surface area contributed by atoms with Crippen LogP contribution in [0.15, 0.2) is 24.3 Å². The second-order valence-electron chi connectivity index (χ2n) is 7.72. The third-order valence-electron chi connectivity index (χ3n) is 5.07. The fourth-order valence-corrected chi connectivity index (χ4v) is 3.40. The molecular formula is C22H34N2O3. The van der Waals surface area contributed by atoms with Crippen molar-refractivity contribution in [2.45, 2.75) is 58.8 Å². The molecule has 1 fully saturated rings. The van der Waals surface area contributed by atoms with Gasteiger partial charge in [0, 0.05) is 26.1 Å². The van der Waals surface area contributed by atoms with Crippen LogP contribution in [-0.2, 0) is 9.59 Å². The molecule has 0 saturated carbocycles. The zero-order chi connectivity index (χ0) is 19.6. The van der Waals surface area contributed by atoms with Crippen molar-refractivity contribution in [1.82, 2.24) is 10.2 Å². The van der Waals surface area contributed by atoms with Gasteiger partial charge in [0.05, 0.1) is 13.0 Å². The Kier molecular flexibility index (Phi) is 8.62. The van der Waals surface area contributed by atoms with Crippen LogP contribution >= 0.6 is 0 Å². The van der Waals surface area contributed by atoms with Crippen molar-refractivity contribution < 1.29 is 14.3 Å². The highest BCUT2D eigenvalue weighted by molar-refractivity contribution is 5.76. The lowest BCUT2D eigenvalue weighted by molar-refractivity contribution is -0.133. The molecule has 2 amide bonds. The number of piperidine rings is 1. The summed E-state index contributed by atoms with van der Waals surface area (Å²) in [7, 11) is 0. The second kappa shape index (κ2) is 11.0. The standard InChI is InChI=1S/C22H34N2O3/c1-4-6-21(25)23-15-18-7-5-13-24(16-18)22(26)12-14-27-20-10-8-19(9-11-20)17(2)3/h8-11,17-18H,4-7,12-16H2,1-3H3,(H,23,25). The molecule has 1 aromatic carbocycles. The minimum atomic E-state index is 0.109. The van der Waals surface area contributed by atoms with E-state index < -0.39 is 0 Å². The number of amides is 2. The summed E-state index contributed by atoms with van der Waals surface area (Å²) in [5, 5.41) is 2.99. The molecule has 1 N–H and O–H groups in total. The highest BCUT2D eigenvalue weighted by atomic mass is 16.5. The molecule has 1 unspecified atom stereocenters. The maximum absolute atomic E-state index is 12.5. The molecule has 1 saturated heterocycles. The lowest BCUT2D eigenvalue weighted by atomic mass is 9.97. The Bertz CT molecular complexity index is 598. The molecule has 5 nitrogen and oxygen atoms in total. The number of hydrogen-bond donors (Lipinski definition) is 1. The smallest absolute Gasteiger partial charge is 0.226 e. The van der Waals surface area contributed by atoms with Gasteiger partial charge in [-0.1, -0.05) is 32.9 Å². The van der Waals surface area contributed by atoms with Crippen LogP contribution in [0, 0.1) is 5.92 Å². The van der Waals surface area contributed by atoms with E-state index >= 15 is 0 Å². The van der Waals surface area contributed by atoms with Crippen LogP contribution in [0.5, 0.6) is 5.75 Å². The average Bonchev–Trinajstić information content (AvgIpc) is 2.67. The molecule has 27 heavy (non-hydrogen) atoms. The van der Waals surface area contributed by atoms with Gasteiger partial charge in [0.1, 0.15) is 5.75 Å². The first-order valence-electron chi connectivity index (χ1n) is 10.3. The number of benzene rings is 1. The highest BCUT2D eigenvalue weighted by Gasteiger charge is 2.23. The number of hydrogen-bond acceptors (Lipinski definition) is 3. The summed E-state index contributed by atoms with van der Waals surface area (Å²) in [6.45, 7) is 8.93. The van der Waals surface area contributed by atoms with Gasteiger partial charge in [-0.15, -0.1) is 0 Å². The molecule has 0 bridgehead atoms. The number of nitrogens with zero attached hydrogens (tertiary/aromatic N) is 1. The summed E-state index contributed by atoms with van der Waals surface area (Å²) in [5.41, 5.74) is 1.28. The molecule has 0 aromatic heterocycles. The first kappa shape index (κ1) is 21.3. The van der Waals surface area contributed by atoms with E-state index in [2.05, 4.69) is 31.3 Å². The van der Waals surface area contributed by atoms with E-state index in [1.807, 2.05) is 24.0 Å². The summed E-state index contributed by atoms with van der Waals surface area (Å²) in [6, 6.07) is 8.08. The lowest BCUT2D eigenvalue weighted by Crippen LogP contribution is -2.44.